The number of ether oxygens (including phenoxy) is 2. The van der Waals surface area contributed by atoms with Crippen LogP contribution in [0.1, 0.15) is 142 Å². The maximum absolute atomic E-state index is 11.9. The van der Waals surface area contributed by atoms with Gasteiger partial charge in [-0.05, 0) is 89.9 Å². The molecule has 1 atom stereocenters. The van der Waals surface area contributed by atoms with Crippen molar-refractivity contribution in [3.63, 3.8) is 0 Å². The standard InChI is InChI=1S/C41H66O5/c1-3-5-7-9-11-13-15-17-19-20-22-24-26-28-30-32-34-36-41(44)46-38-39(42)37-45-40(43)35-33-31-29-27-25-23-21-18-16-14-12-10-8-6-4-2/h5,7,11-14,17-19,21-22,24-25,27,39,42H,3-4,6,8-10,15-16,20,23,26,28-38H2,1-2H3/b7-5-,13-11-,14-12-,19-17-,21-18-,24-22-,27-25-/t39-/m1/s1. The lowest BCUT2D eigenvalue weighted by Crippen LogP contribution is -2.25. The zero-order valence-electron chi connectivity index (χ0n) is 29.3. The summed E-state index contributed by atoms with van der Waals surface area (Å²) in [6.45, 7) is 4.08. The first-order valence-corrected chi connectivity index (χ1v) is 18.1. The minimum absolute atomic E-state index is 0.146. The number of allylic oxidation sites excluding steroid dienone is 14. The molecule has 0 aliphatic rings. The van der Waals surface area contributed by atoms with Crippen LogP contribution in [-0.4, -0.2) is 36.4 Å². The number of hydrogen-bond acceptors (Lipinski definition) is 5. The van der Waals surface area contributed by atoms with Crippen molar-refractivity contribution in [3.8, 4) is 0 Å². The van der Waals surface area contributed by atoms with Gasteiger partial charge in [0.15, 0.2) is 0 Å². The number of unbranched alkanes of at least 4 members (excludes halogenated alkanes) is 9. The Labute approximate surface area is 282 Å². The van der Waals surface area contributed by atoms with Crippen LogP contribution in [-0.2, 0) is 19.1 Å². The van der Waals surface area contributed by atoms with Gasteiger partial charge in [0, 0.05) is 12.8 Å². The van der Waals surface area contributed by atoms with Gasteiger partial charge < -0.3 is 14.6 Å². The minimum atomic E-state index is -0.994. The minimum Gasteiger partial charge on any atom is -0.463 e. The number of carbonyl (C=O) groups excluding carboxylic acids is 2. The molecule has 46 heavy (non-hydrogen) atoms. The summed E-state index contributed by atoms with van der Waals surface area (Å²) < 4.78 is 10.3. The lowest BCUT2D eigenvalue weighted by atomic mass is 10.1. The van der Waals surface area contributed by atoms with Crippen LogP contribution < -0.4 is 0 Å². The van der Waals surface area contributed by atoms with Gasteiger partial charge in [-0.1, -0.05) is 125 Å². The van der Waals surface area contributed by atoms with Crippen molar-refractivity contribution < 1.29 is 24.2 Å². The predicted molar refractivity (Wildman–Crippen MR) is 196 cm³/mol. The summed E-state index contributed by atoms with van der Waals surface area (Å²) in [5.41, 5.74) is 0. The largest absolute Gasteiger partial charge is 0.463 e. The predicted octanol–water partition coefficient (Wildman–Crippen LogP) is 11.2. The van der Waals surface area contributed by atoms with E-state index in [0.29, 0.717) is 12.8 Å². The summed E-state index contributed by atoms with van der Waals surface area (Å²) in [7, 11) is 0. The molecule has 0 aliphatic heterocycles. The molecular formula is C41H66O5. The van der Waals surface area contributed by atoms with E-state index in [-0.39, 0.29) is 25.2 Å². The molecule has 0 spiro atoms. The molecule has 0 rings (SSSR count). The lowest BCUT2D eigenvalue weighted by Gasteiger charge is -2.12. The fourth-order valence-corrected chi connectivity index (χ4v) is 4.37. The van der Waals surface area contributed by atoms with E-state index < -0.39 is 6.10 Å². The van der Waals surface area contributed by atoms with E-state index in [2.05, 4.69) is 98.9 Å². The van der Waals surface area contributed by atoms with Gasteiger partial charge in [0.2, 0.25) is 0 Å². The molecule has 0 fully saturated rings. The molecule has 0 bridgehead atoms. The number of hydrogen-bond donors (Lipinski definition) is 1. The van der Waals surface area contributed by atoms with Gasteiger partial charge in [-0.15, -0.1) is 0 Å². The topological polar surface area (TPSA) is 72.8 Å². The highest BCUT2D eigenvalue weighted by Gasteiger charge is 2.12. The Morgan fingerprint density at radius 3 is 1.26 bits per heavy atom. The number of aliphatic hydroxyl groups is 1. The smallest absolute Gasteiger partial charge is 0.305 e. The third-order valence-corrected chi connectivity index (χ3v) is 7.11. The van der Waals surface area contributed by atoms with Gasteiger partial charge in [-0.3, -0.25) is 9.59 Å². The van der Waals surface area contributed by atoms with Crippen molar-refractivity contribution in [1.29, 1.82) is 0 Å². The molecule has 5 heteroatoms. The van der Waals surface area contributed by atoms with Gasteiger partial charge in [0.05, 0.1) is 0 Å². The van der Waals surface area contributed by atoms with E-state index in [1.54, 1.807) is 0 Å². The third-order valence-electron chi connectivity index (χ3n) is 7.11. The molecule has 0 unspecified atom stereocenters. The highest BCUT2D eigenvalue weighted by Crippen LogP contribution is 2.08. The molecule has 5 nitrogen and oxygen atoms in total. The molecule has 0 saturated heterocycles. The van der Waals surface area contributed by atoms with Crippen molar-refractivity contribution in [2.75, 3.05) is 13.2 Å². The Hall–Kier alpha value is -2.92. The van der Waals surface area contributed by atoms with Crippen molar-refractivity contribution in [2.24, 2.45) is 0 Å². The molecule has 0 aromatic heterocycles. The average molecular weight is 639 g/mol. The van der Waals surface area contributed by atoms with Crippen LogP contribution >= 0.6 is 0 Å². The molecule has 0 aromatic carbocycles. The normalized spacial score (nSPS) is 13.2. The van der Waals surface area contributed by atoms with E-state index in [1.165, 1.54) is 25.7 Å². The molecule has 1 N–H and O–H groups in total. The molecule has 0 heterocycles. The summed E-state index contributed by atoms with van der Waals surface area (Å²) in [5, 5.41) is 9.98. The van der Waals surface area contributed by atoms with Gasteiger partial charge in [0.25, 0.3) is 0 Å². The zero-order chi connectivity index (χ0) is 33.6. The molecule has 0 amide bonds. The lowest BCUT2D eigenvalue weighted by molar-refractivity contribution is -0.152. The van der Waals surface area contributed by atoms with E-state index >= 15 is 0 Å². The molecule has 0 aromatic rings. The van der Waals surface area contributed by atoms with Crippen LogP contribution in [0.4, 0.5) is 0 Å². The Morgan fingerprint density at radius 1 is 0.478 bits per heavy atom. The van der Waals surface area contributed by atoms with E-state index in [9.17, 15) is 14.7 Å². The van der Waals surface area contributed by atoms with Gasteiger partial charge >= 0.3 is 11.9 Å². The second kappa shape index (κ2) is 36.5. The number of carbonyl (C=O) groups is 2. The van der Waals surface area contributed by atoms with Crippen molar-refractivity contribution in [3.05, 3.63) is 85.1 Å². The maximum atomic E-state index is 11.9. The van der Waals surface area contributed by atoms with Crippen molar-refractivity contribution in [2.45, 2.75) is 148 Å². The molecule has 0 radical (unpaired) electrons. The van der Waals surface area contributed by atoms with Crippen molar-refractivity contribution in [1.82, 2.24) is 0 Å². The zero-order valence-corrected chi connectivity index (χ0v) is 29.3. The van der Waals surface area contributed by atoms with Crippen molar-refractivity contribution >= 4 is 11.9 Å². The molecule has 0 saturated carbocycles. The van der Waals surface area contributed by atoms with Crippen LogP contribution in [0.3, 0.4) is 0 Å². The first-order chi connectivity index (χ1) is 22.6. The van der Waals surface area contributed by atoms with Gasteiger partial charge in [-0.25, -0.2) is 0 Å². The molecular weight excluding hydrogens is 572 g/mol. The third kappa shape index (κ3) is 35.6. The highest BCUT2D eigenvalue weighted by molar-refractivity contribution is 5.69. The van der Waals surface area contributed by atoms with Gasteiger partial charge in [0.1, 0.15) is 19.3 Å². The quantitative estimate of drug-likeness (QED) is 0.0465. The maximum Gasteiger partial charge on any atom is 0.305 e. The van der Waals surface area contributed by atoms with Crippen LogP contribution in [0.15, 0.2) is 85.1 Å². The van der Waals surface area contributed by atoms with Crippen LogP contribution in [0.25, 0.3) is 0 Å². The fraction of sp³-hybridized carbons (Fsp3) is 0.610. The Balaban J connectivity index is 3.60. The molecule has 0 aliphatic carbocycles. The second-order valence-corrected chi connectivity index (χ2v) is 11.6. The second-order valence-electron chi connectivity index (χ2n) is 11.6. The highest BCUT2D eigenvalue weighted by atomic mass is 16.6. The van der Waals surface area contributed by atoms with Crippen LogP contribution in [0, 0.1) is 0 Å². The van der Waals surface area contributed by atoms with Crippen LogP contribution in [0.5, 0.6) is 0 Å². The number of esters is 2. The monoisotopic (exact) mass is 638 g/mol. The van der Waals surface area contributed by atoms with E-state index in [1.807, 2.05) is 0 Å². The first-order valence-electron chi connectivity index (χ1n) is 18.1. The van der Waals surface area contributed by atoms with Gasteiger partial charge in [-0.2, -0.15) is 0 Å². The average Bonchev–Trinajstić information content (AvgIpc) is 3.06. The SMILES string of the molecule is CC/C=C\C/C=C\C/C=C\C/C=C\CCCCCCC(=O)OC[C@H](O)COC(=O)CCCC/C=C\C/C=C\C/C=C\CCCCC. The Bertz CT molecular complexity index is 906. The summed E-state index contributed by atoms with van der Waals surface area (Å²) in [6, 6.07) is 0. The number of aliphatic hydroxyl groups excluding tert-OH is 1. The van der Waals surface area contributed by atoms with E-state index in [0.717, 1.165) is 89.9 Å². The first kappa shape index (κ1) is 43.1. The summed E-state index contributed by atoms with van der Waals surface area (Å²) in [4.78, 5) is 23.9. The van der Waals surface area contributed by atoms with E-state index in [4.69, 9.17) is 9.47 Å². The number of rotatable bonds is 31. The summed E-state index contributed by atoms with van der Waals surface area (Å²) in [5.74, 6) is -0.646. The Morgan fingerprint density at radius 2 is 0.826 bits per heavy atom. The van der Waals surface area contributed by atoms with Crippen LogP contribution in [0.2, 0.25) is 0 Å². The summed E-state index contributed by atoms with van der Waals surface area (Å²) >= 11 is 0. The molecule has 260 valence electrons. The fourth-order valence-electron chi connectivity index (χ4n) is 4.37. The summed E-state index contributed by atoms with van der Waals surface area (Å²) in [6.07, 6.45) is 49.1. The Kier molecular flexibility index (Phi) is 34.2.